The van der Waals surface area contributed by atoms with Crippen molar-refractivity contribution >= 4 is 11.8 Å². The van der Waals surface area contributed by atoms with Crippen LogP contribution in [-0.2, 0) is 4.79 Å². The number of carbonyl (C=O) groups is 2. The number of hydrogen-bond acceptors (Lipinski definition) is 4. The minimum Gasteiger partial charge on any atom is -0.343 e. The minimum absolute atomic E-state index is 0.00703. The highest BCUT2D eigenvalue weighted by Crippen LogP contribution is 2.31. The van der Waals surface area contributed by atoms with E-state index in [-0.39, 0.29) is 11.1 Å². The second-order valence-electron chi connectivity index (χ2n) is 6.54. The van der Waals surface area contributed by atoms with Crippen molar-refractivity contribution in [1.29, 1.82) is 5.26 Å². The van der Waals surface area contributed by atoms with Crippen LogP contribution in [-0.4, -0.2) is 46.8 Å². The van der Waals surface area contributed by atoms with E-state index in [0.29, 0.717) is 5.56 Å². The SMILES string of the molecule is N#CC1CC(F)(F)CN1C(=O)CNC(=O)c1c[nH]c(=O)cc1-c1ccc(F)cc1. The molecule has 29 heavy (non-hydrogen) atoms. The lowest BCUT2D eigenvalue weighted by Gasteiger charge is -2.19. The summed E-state index contributed by atoms with van der Waals surface area (Å²) in [6.45, 7) is -1.49. The lowest BCUT2D eigenvalue weighted by molar-refractivity contribution is -0.131. The van der Waals surface area contributed by atoms with E-state index in [0.717, 1.165) is 29.3 Å². The maximum absolute atomic E-state index is 13.5. The van der Waals surface area contributed by atoms with Crippen LogP contribution in [0.15, 0.2) is 41.3 Å². The van der Waals surface area contributed by atoms with Crippen LogP contribution in [0.25, 0.3) is 11.1 Å². The highest BCUT2D eigenvalue weighted by atomic mass is 19.3. The van der Waals surface area contributed by atoms with Crippen molar-refractivity contribution in [2.75, 3.05) is 13.1 Å². The van der Waals surface area contributed by atoms with Gasteiger partial charge in [-0.05, 0) is 17.7 Å². The maximum Gasteiger partial charge on any atom is 0.268 e. The Morgan fingerprint density at radius 3 is 2.66 bits per heavy atom. The maximum atomic E-state index is 13.5. The largest absolute Gasteiger partial charge is 0.343 e. The Kier molecular flexibility index (Phi) is 5.41. The number of amides is 2. The van der Waals surface area contributed by atoms with E-state index in [4.69, 9.17) is 5.26 Å². The monoisotopic (exact) mass is 404 g/mol. The molecule has 1 saturated heterocycles. The van der Waals surface area contributed by atoms with E-state index in [2.05, 4.69) is 10.3 Å². The zero-order valence-corrected chi connectivity index (χ0v) is 14.9. The minimum atomic E-state index is -3.16. The zero-order valence-electron chi connectivity index (χ0n) is 14.9. The molecule has 10 heteroatoms. The van der Waals surface area contributed by atoms with Crippen LogP contribution in [0.1, 0.15) is 16.8 Å². The second kappa shape index (κ2) is 7.79. The van der Waals surface area contributed by atoms with Crippen molar-refractivity contribution in [3.05, 3.63) is 58.3 Å². The molecule has 1 fully saturated rings. The topological polar surface area (TPSA) is 106 Å². The molecule has 150 valence electrons. The Labute approximate surface area is 162 Å². The van der Waals surface area contributed by atoms with Gasteiger partial charge in [-0.15, -0.1) is 0 Å². The van der Waals surface area contributed by atoms with Crippen LogP contribution >= 0.6 is 0 Å². The Balaban J connectivity index is 1.76. The predicted molar refractivity (Wildman–Crippen MR) is 95.5 cm³/mol. The number of nitriles is 1. The quantitative estimate of drug-likeness (QED) is 0.809. The third kappa shape index (κ3) is 4.45. The fraction of sp³-hybridized carbons (Fsp3) is 0.263. The summed E-state index contributed by atoms with van der Waals surface area (Å²) in [4.78, 5) is 39.5. The molecule has 1 atom stereocenters. The van der Waals surface area contributed by atoms with Gasteiger partial charge < -0.3 is 15.2 Å². The number of carbonyl (C=O) groups excluding carboxylic acids is 2. The first-order valence-electron chi connectivity index (χ1n) is 8.54. The van der Waals surface area contributed by atoms with Gasteiger partial charge in [0.05, 0.1) is 24.7 Å². The van der Waals surface area contributed by atoms with Crippen LogP contribution in [0.4, 0.5) is 13.2 Å². The Morgan fingerprint density at radius 2 is 2.00 bits per heavy atom. The number of nitrogens with zero attached hydrogens (tertiary/aromatic N) is 2. The predicted octanol–water partition coefficient (Wildman–Crippen LogP) is 1.67. The summed E-state index contributed by atoms with van der Waals surface area (Å²) in [6.07, 6.45) is 0.390. The highest BCUT2D eigenvalue weighted by Gasteiger charge is 2.47. The lowest BCUT2D eigenvalue weighted by atomic mass is 10.0. The summed E-state index contributed by atoms with van der Waals surface area (Å²) in [7, 11) is 0. The molecule has 0 spiro atoms. The number of benzene rings is 1. The third-order valence-corrected chi connectivity index (χ3v) is 4.46. The number of pyridine rings is 1. The Morgan fingerprint density at radius 1 is 1.31 bits per heavy atom. The standard InChI is InChI=1S/C19H15F3N4O3/c20-12-3-1-11(2-4-12)14-5-16(27)24-8-15(14)18(29)25-9-17(28)26-10-19(21,22)6-13(26)7-23/h1-5,8,13H,6,9-10H2,(H,24,27)(H,25,29). The molecule has 2 N–H and O–H groups in total. The molecule has 1 aliphatic heterocycles. The number of nitrogens with one attached hydrogen (secondary N) is 2. The van der Waals surface area contributed by atoms with Crippen LogP contribution in [0.3, 0.4) is 0 Å². The van der Waals surface area contributed by atoms with E-state index in [1.54, 1.807) is 6.07 Å². The molecule has 3 rings (SSSR count). The first kappa shape index (κ1) is 20.1. The van der Waals surface area contributed by atoms with E-state index in [9.17, 15) is 27.6 Å². The molecule has 1 aromatic carbocycles. The summed E-state index contributed by atoms with van der Waals surface area (Å²) in [5, 5.41) is 11.3. The average molecular weight is 404 g/mol. The molecule has 1 aliphatic rings. The van der Waals surface area contributed by atoms with Gasteiger partial charge in [-0.2, -0.15) is 5.26 Å². The van der Waals surface area contributed by atoms with Gasteiger partial charge in [0.2, 0.25) is 11.5 Å². The molecule has 0 aliphatic carbocycles. The summed E-state index contributed by atoms with van der Waals surface area (Å²) in [5.41, 5.74) is 0.125. The molecule has 0 radical (unpaired) electrons. The number of likely N-dealkylation sites (tertiary alicyclic amines) is 1. The first-order valence-corrected chi connectivity index (χ1v) is 8.54. The smallest absolute Gasteiger partial charge is 0.268 e. The fourth-order valence-electron chi connectivity index (χ4n) is 3.07. The van der Waals surface area contributed by atoms with E-state index in [1.165, 1.54) is 12.1 Å². The number of rotatable bonds is 4. The molecule has 1 aromatic heterocycles. The summed E-state index contributed by atoms with van der Waals surface area (Å²) in [5.74, 6) is -5.22. The normalized spacial score (nSPS) is 17.6. The average Bonchev–Trinajstić information content (AvgIpc) is 3.01. The number of hydrogen-bond donors (Lipinski definition) is 2. The molecular formula is C19H15F3N4O3. The van der Waals surface area contributed by atoms with Crippen molar-refractivity contribution in [3.8, 4) is 17.2 Å². The van der Waals surface area contributed by atoms with Gasteiger partial charge in [-0.3, -0.25) is 14.4 Å². The number of H-pyrrole nitrogens is 1. The van der Waals surface area contributed by atoms with Gasteiger partial charge in [0.25, 0.3) is 11.8 Å². The van der Waals surface area contributed by atoms with E-state index < -0.39 is 54.7 Å². The number of aromatic amines is 1. The molecule has 2 heterocycles. The van der Waals surface area contributed by atoms with E-state index >= 15 is 0 Å². The summed E-state index contributed by atoms with van der Waals surface area (Å²) < 4.78 is 40.1. The molecule has 0 bridgehead atoms. The van der Waals surface area contributed by atoms with Crippen molar-refractivity contribution in [3.63, 3.8) is 0 Å². The van der Waals surface area contributed by atoms with Gasteiger partial charge in [0, 0.05) is 24.2 Å². The number of aromatic nitrogens is 1. The molecular weight excluding hydrogens is 389 g/mol. The number of alkyl halides is 2. The molecule has 2 aromatic rings. The molecule has 1 unspecified atom stereocenters. The lowest BCUT2D eigenvalue weighted by Crippen LogP contribution is -2.43. The van der Waals surface area contributed by atoms with Crippen LogP contribution < -0.4 is 10.9 Å². The second-order valence-corrected chi connectivity index (χ2v) is 6.54. The van der Waals surface area contributed by atoms with Crippen molar-refractivity contribution in [1.82, 2.24) is 15.2 Å². The highest BCUT2D eigenvalue weighted by molar-refractivity contribution is 6.01. The van der Waals surface area contributed by atoms with Gasteiger partial charge >= 0.3 is 0 Å². The molecule has 0 saturated carbocycles. The van der Waals surface area contributed by atoms with Crippen LogP contribution in [0.5, 0.6) is 0 Å². The number of halogens is 3. The first-order chi connectivity index (χ1) is 13.7. The summed E-state index contributed by atoms with van der Waals surface area (Å²) in [6, 6.07) is 6.63. The van der Waals surface area contributed by atoms with Gasteiger partial charge in [-0.1, -0.05) is 12.1 Å². The molecule has 2 amide bonds. The van der Waals surface area contributed by atoms with Crippen LogP contribution in [0, 0.1) is 17.1 Å². The fourth-order valence-corrected chi connectivity index (χ4v) is 3.07. The van der Waals surface area contributed by atoms with Crippen LogP contribution in [0.2, 0.25) is 0 Å². The van der Waals surface area contributed by atoms with Gasteiger partial charge in [0.15, 0.2) is 0 Å². The van der Waals surface area contributed by atoms with Crippen molar-refractivity contribution < 1.29 is 22.8 Å². The Hall–Kier alpha value is -3.61. The zero-order chi connectivity index (χ0) is 21.2. The van der Waals surface area contributed by atoms with Gasteiger partial charge in [0.1, 0.15) is 11.9 Å². The Bertz CT molecular complexity index is 1040. The summed E-state index contributed by atoms with van der Waals surface area (Å²) >= 11 is 0. The van der Waals surface area contributed by atoms with Crippen molar-refractivity contribution in [2.24, 2.45) is 0 Å². The van der Waals surface area contributed by atoms with Crippen molar-refractivity contribution in [2.45, 2.75) is 18.4 Å². The molecule has 7 nitrogen and oxygen atoms in total. The van der Waals surface area contributed by atoms with E-state index in [1.807, 2.05) is 0 Å². The third-order valence-electron chi connectivity index (χ3n) is 4.46. The van der Waals surface area contributed by atoms with Gasteiger partial charge in [-0.25, -0.2) is 13.2 Å².